The van der Waals surface area contributed by atoms with E-state index >= 15 is 0 Å². The molecule has 4 rings (SSSR count). The molecule has 134 valence electrons. The molecule has 0 unspecified atom stereocenters. The Hall–Kier alpha value is -2.19. The molecule has 0 bridgehead atoms. The maximum Gasteiger partial charge on any atom is 0.231 e. The molecule has 0 N–H and O–H groups in total. The number of hydrogen-bond donors (Lipinski definition) is 0. The summed E-state index contributed by atoms with van der Waals surface area (Å²) in [5.41, 5.74) is 1.10. The van der Waals surface area contributed by atoms with Gasteiger partial charge in [-0.05, 0) is 41.6 Å². The first-order chi connectivity index (χ1) is 12.2. The molecule has 1 fully saturated rings. The van der Waals surface area contributed by atoms with Crippen LogP contribution in [0.4, 0.5) is 0 Å². The fourth-order valence-corrected chi connectivity index (χ4v) is 3.51. The second-order valence-corrected chi connectivity index (χ2v) is 6.65. The first-order valence-corrected chi connectivity index (χ1v) is 8.81. The van der Waals surface area contributed by atoms with Crippen molar-refractivity contribution < 1.29 is 9.47 Å². The van der Waals surface area contributed by atoms with Crippen LogP contribution in [0.5, 0.6) is 11.5 Å². The topological polar surface area (TPSA) is 68.5 Å². The van der Waals surface area contributed by atoms with Crippen molar-refractivity contribution in [3.8, 4) is 11.5 Å². The van der Waals surface area contributed by atoms with Crippen LogP contribution in [-0.2, 0) is 6.54 Å². The fraction of sp³-hybridized carbons (Fsp3) is 0.588. The van der Waals surface area contributed by atoms with E-state index in [1.54, 1.807) is 0 Å². The van der Waals surface area contributed by atoms with Crippen molar-refractivity contribution in [1.82, 2.24) is 30.0 Å². The molecule has 0 aliphatic carbocycles. The van der Waals surface area contributed by atoms with Crippen molar-refractivity contribution in [2.75, 3.05) is 40.0 Å². The summed E-state index contributed by atoms with van der Waals surface area (Å²) in [7, 11) is 2.17. The molecular formula is C17H24N6O2. The van der Waals surface area contributed by atoms with E-state index in [2.05, 4.69) is 39.3 Å². The van der Waals surface area contributed by atoms with Crippen molar-refractivity contribution >= 4 is 0 Å². The minimum Gasteiger partial charge on any atom is -0.454 e. The number of fused-ring (bicyclic) bond motifs is 1. The van der Waals surface area contributed by atoms with Gasteiger partial charge in [0.1, 0.15) is 0 Å². The van der Waals surface area contributed by atoms with Crippen molar-refractivity contribution in [2.45, 2.75) is 25.9 Å². The molecule has 8 nitrogen and oxygen atoms in total. The molecule has 3 heterocycles. The number of aromatic nitrogens is 4. The van der Waals surface area contributed by atoms with Gasteiger partial charge < -0.3 is 14.4 Å². The molecule has 2 aromatic rings. The third-order valence-electron chi connectivity index (χ3n) is 4.99. The summed E-state index contributed by atoms with van der Waals surface area (Å²) in [5.74, 6) is 2.52. The summed E-state index contributed by atoms with van der Waals surface area (Å²) >= 11 is 0. The van der Waals surface area contributed by atoms with Crippen LogP contribution in [0.1, 0.15) is 30.8 Å². The van der Waals surface area contributed by atoms with Crippen LogP contribution in [0.2, 0.25) is 0 Å². The molecule has 2 aliphatic heterocycles. The number of piperazine rings is 1. The molecule has 2 aliphatic rings. The Morgan fingerprint density at radius 2 is 1.92 bits per heavy atom. The van der Waals surface area contributed by atoms with E-state index in [9.17, 15) is 0 Å². The summed E-state index contributed by atoms with van der Waals surface area (Å²) in [4.78, 5) is 4.85. The Balaban J connectivity index is 1.53. The summed E-state index contributed by atoms with van der Waals surface area (Å²) < 4.78 is 12.7. The van der Waals surface area contributed by atoms with E-state index in [0.717, 1.165) is 55.5 Å². The lowest BCUT2D eigenvalue weighted by molar-refractivity contribution is 0.103. The molecule has 8 heteroatoms. The smallest absolute Gasteiger partial charge is 0.231 e. The van der Waals surface area contributed by atoms with Gasteiger partial charge >= 0.3 is 0 Å². The van der Waals surface area contributed by atoms with Crippen molar-refractivity contribution in [1.29, 1.82) is 0 Å². The first kappa shape index (κ1) is 16.3. The van der Waals surface area contributed by atoms with E-state index in [0.29, 0.717) is 6.54 Å². The van der Waals surface area contributed by atoms with Crippen LogP contribution in [0.25, 0.3) is 0 Å². The van der Waals surface area contributed by atoms with Gasteiger partial charge in [-0.3, -0.25) is 4.90 Å². The van der Waals surface area contributed by atoms with Crippen molar-refractivity contribution in [2.24, 2.45) is 0 Å². The lowest BCUT2D eigenvalue weighted by Gasteiger charge is -2.36. The van der Waals surface area contributed by atoms with Gasteiger partial charge in [0.15, 0.2) is 17.3 Å². The number of ether oxygens (including phenoxy) is 2. The summed E-state index contributed by atoms with van der Waals surface area (Å²) in [6, 6.07) is 6.23. The molecule has 1 aromatic carbocycles. The van der Waals surface area contributed by atoms with Crippen LogP contribution in [-0.4, -0.2) is 70.0 Å². The zero-order valence-corrected chi connectivity index (χ0v) is 14.8. The summed E-state index contributed by atoms with van der Waals surface area (Å²) in [5, 5.41) is 12.5. The third kappa shape index (κ3) is 3.32. The Labute approximate surface area is 147 Å². The predicted octanol–water partition coefficient (Wildman–Crippen LogP) is 1.15. The van der Waals surface area contributed by atoms with Gasteiger partial charge in [0.05, 0.1) is 12.6 Å². The highest BCUT2D eigenvalue weighted by Gasteiger charge is 2.27. The number of tetrazole rings is 1. The molecule has 0 amide bonds. The van der Waals surface area contributed by atoms with Gasteiger partial charge in [-0.2, -0.15) is 0 Å². The van der Waals surface area contributed by atoms with Gasteiger partial charge in [0, 0.05) is 26.2 Å². The summed E-state index contributed by atoms with van der Waals surface area (Å²) in [6.07, 6.45) is 0.991. The zero-order chi connectivity index (χ0) is 17.2. The van der Waals surface area contributed by atoms with E-state index in [-0.39, 0.29) is 12.8 Å². The highest BCUT2D eigenvalue weighted by Crippen LogP contribution is 2.33. The van der Waals surface area contributed by atoms with Crippen LogP contribution < -0.4 is 9.47 Å². The molecule has 0 spiro atoms. The first-order valence-electron chi connectivity index (χ1n) is 8.81. The van der Waals surface area contributed by atoms with Gasteiger partial charge in [-0.15, -0.1) is 5.10 Å². The molecule has 0 saturated carbocycles. The standard InChI is InChI=1S/C17H24N6O2/c1-3-14(22-8-6-21(2)7-9-22)17-18-19-20-23(17)11-13-4-5-15-16(10-13)25-12-24-15/h4-5,10,14H,3,6-9,11-12H2,1-2H3/t14-/m0/s1. The normalized spacial score (nSPS) is 19.3. The van der Waals surface area contributed by atoms with Crippen molar-refractivity contribution in [3.05, 3.63) is 29.6 Å². The molecule has 1 aromatic heterocycles. The van der Waals surface area contributed by atoms with Crippen LogP contribution in [0, 0.1) is 0 Å². The molecule has 1 saturated heterocycles. The number of nitrogens with zero attached hydrogens (tertiary/aromatic N) is 6. The fourth-order valence-electron chi connectivity index (χ4n) is 3.51. The van der Waals surface area contributed by atoms with Gasteiger partial charge in [-0.1, -0.05) is 13.0 Å². The van der Waals surface area contributed by atoms with Gasteiger partial charge in [-0.25, -0.2) is 4.68 Å². The average molecular weight is 344 g/mol. The quantitative estimate of drug-likeness (QED) is 0.806. The van der Waals surface area contributed by atoms with Gasteiger partial charge in [0.25, 0.3) is 0 Å². The monoisotopic (exact) mass is 344 g/mol. The Bertz CT molecular complexity index is 726. The van der Waals surface area contributed by atoms with Crippen molar-refractivity contribution in [3.63, 3.8) is 0 Å². The Morgan fingerprint density at radius 3 is 2.72 bits per heavy atom. The van der Waals surface area contributed by atoms with E-state index in [1.807, 2.05) is 22.9 Å². The van der Waals surface area contributed by atoms with Crippen LogP contribution in [0.3, 0.4) is 0 Å². The maximum atomic E-state index is 5.47. The lowest BCUT2D eigenvalue weighted by Crippen LogP contribution is -2.46. The average Bonchev–Trinajstić information content (AvgIpc) is 3.27. The SMILES string of the molecule is CC[C@@H](c1nnnn1Cc1ccc2c(c1)OCO2)N1CCN(C)CC1. The molecular weight excluding hydrogens is 320 g/mol. The number of benzene rings is 1. The van der Waals surface area contributed by atoms with E-state index in [1.165, 1.54) is 0 Å². The second-order valence-electron chi connectivity index (χ2n) is 6.65. The van der Waals surface area contributed by atoms with Crippen LogP contribution >= 0.6 is 0 Å². The zero-order valence-electron chi connectivity index (χ0n) is 14.8. The maximum absolute atomic E-state index is 5.47. The van der Waals surface area contributed by atoms with Gasteiger partial charge in [0.2, 0.25) is 6.79 Å². The molecule has 25 heavy (non-hydrogen) atoms. The highest BCUT2D eigenvalue weighted by atomic mass is 16.7. The Kier molecular flexibility index (Phi) is 4.54. The highest BCUT2D eigenvalue weighted by molar-refractivity contribution is 5.44. The molecule has 0 radical (unpaired) electrons. The largest absolute Gasteiger partial charge is 0.454 e. The minimum atomic E-state index is 0.248. The number of likely N-dealkylation sites (N-methyl/N-ethyl adjacent to an activating group) is 1. The second kappa shape index (κ2) is 6.97. The Morgan fingerprint density at radius 1 is 1.12 bits per heavy atom. The number of rotatable bonds is 5. The third-order valence-corrected chi connectivity index (χ3v) is 4.99. The van der Waals surface area contributed by atoms with Crippen LogP contribution in [0.15, 0.2) is 18.2 Å². The van der Waals surface area contributed by atoms with E-state index in [4.69, 9.17) is 9.47 Å². The summed E-state index contributed by atoms with van der Waals surface area (Å²) in [6.45, 7) is 7.38. The molecule has 1 atom stereocenters. The van der Waals surface area contributed by atoms with E-state index < -0.39 is 0 Å². The predicted molar refractivity (Wildman–Crippen MR) is 91.6 cm³/mol. The lowest BCUT2D eigenvalue weighted by atomic mass is 10.1. The number of hydrogen-bond acceptors (Lipinski definition) is 7. The minimum absolute atomic E-state index is 0.248.